The fraction of sp³-hybridized carbons (Fsp3) is 0.222. The Kier molecular flexibility index (Phi) is 6.35. The normalized spacial score (nSPS) is 11.1. The van der Waals surface area contributed by atoms with Crippen LogP contribution in [0, 0.1) is 0 Å². The molecule has 2 N–H and O–H groups in total. The van der Waals surface area contributed by atoms with Crippen LogP contribution < -0.4 is 10.6 Å². The van der Waals surface area contributed by atoms with Gasteiger partial charge in [0.05, 0.1) is 12.2 Å². The van der Waals surface area contributed by atoms with Gasteiger partial charge in [-0.2, -0.15) is 13.2 Å². The van der Waals surface area contributed by atoms with Gasteiger partial charge in [-0.15, -0.1) is 0 Å². The van der Waals surface area contributed by atoms with Crippen molar-refractivity contribution in [3.63, 3.8) is 0 Å². The highest BCUT2D eigenvalue weighted by molar-refractivity contribution is 6.05. The standard InChI is InChI=1S/C18H17F3N2O3/c1-26-10-9-22-16(24)12-5-7-13(8-6-12)17(25)23-15-4-2-3-14(11-15)18(19,20)21/h2-8,11H,9-10H2,1H3,(H,22,24)(H,23,25). The van der Waals surface area contributed by atoms with Crippen molar-refractivity contribution in [1.29, 1.82) is 0 Å². The zero-order valence-corrected chi connectivity index (χ0v) is 13.9. The maximum absolute atomic E-state index is 12.7. The number of carbonyl (C=O) groups is 2. The molecule has 2 rings (SSSR count). The van der Waals surface area contributed by atoms with Crippen molar-refractivity contribution in [3.05, 3.63) is 65.2 Å². The average Bonchev–Trinajstić information content (AvgIpc) is 2.61. The SMILES string of the molecule is COCCNC(=O)c1ccc(C(=O)Nc2cccc(C(F)(F)F)c2)cc1. The van der Waals surface area contributed by atoms with Gasteiger partial charge in [0, 0.05) is 30.5 Å². The predicted octanol–water partition coefficient (Wildman–Crippen LogP) is 3.33. The van der Waals surface area contributed by atoms with Gasteiger partial charge in [0.25, 0.3) is 11.8 Å². The van der Waals surface area contributed by atoms with Crippen molar-refractivity contribution in [3.8, 4) is 0 Å². The van der Waals surface area contributed by atoms with E-state index in [9.17, 15) is 22.8 Å². The first-order valence-electron chi connectivity index (χ1n) is 7.67. The number of halogens is 3. The lowest BCUT2D eigenvalue weighted by atomic mass is 10.1. The van der Waals surface area contributed by atoms with Crippen LogP contribution in [0.4, 0.5) is 18.9 Å². The van der Waals surface area contributed by atoms with E-state index in [-0.39, 0.29) is 17.2 Å². The lowest BCUT2D eigenvalue weighted by Crippen LogP contribution is -2.26. The third-order valence-electron chi connectivity index (χ3n) is 3.45. The number of ether oxygens (including phenoxy) is 1. The molecule has 0 heterocycles. The Morgan fingerprint density at radius 2 is 1.62 bits per heavy atom. The molecule has 0 radical (unpaired) electrons. The van der Waals surface area contributed by atoms with E-state index in [0.29, 0.717) is 18.7 Å². The van der Waals surface area contributed by atoms with E-state index in [0.717, 1.165) is 12.1 Å². The van der Waals surface area contributed by atoms with Gasteiger partial charge < -0.3 is 15.4 Å². The number of hydrogen-bond acceptors (Lipinski definition) is 3. The number of nitrogens with one attached hydrogen (secondary N) is 2. The molecule has 2 amide bonds. The molecule has 26 heavy (non-hydrogen) atoms. The summed E-state index contributed by atoms with van der Waals surface area (Å²) in [6, 6.07) is 10.1. The summed E-state index contributed by atoms with van der Waals surface area (Å²) in [6.45, 7) is 0.732. The lowest BCUT2D eigenvalue weighted by Gasteiger charge is -2.10. The van der Waals surface area contributed by atoms with Crippen molar-refractivity contribution in [2.75, 3.05) is 25.6 Å². The molecule has 0 atom stereocenters. The second-order valence-electron chi connectivity index (χ2n) is 5.36. The largest absolute Gasteiger partial charge is 0.416 e. The molecule has 0 aliphatic rings. The van der Waals surface area contributed by atoms with E-state index in [1.54, 1.807) is 0 Å². The van der Waals surface area contributed by atoms with Gasteiger partial charge in [0.1, 0.15) is 0 Å². The van der Waals surface area contributed by atoms with Crippen LogP contribution in [0.25, 0.3) is 0 Å². The maximum Gasteiger partial charge on any atom is 0.416 e. The molecule has 2 aromatic carbocycles. The Bertz CT molecular complexity index is 774. The number of hydrogen-bond donors (Lipinski definition) is 2. The zero-order valence-electron chi connectivity index (χ0n) is 13.9. The molecule has 0 aliphatic carbocycles. The zero-order chi connectivity index (χ0) is 19.2. The second kappa shape index (κ2) is 8.48. The van der Waals surface area contributed by atoms with Crippen molar-refractivity contribution in [1.82, 2.24) is 5.32 Å². The quantitative estimate of drug-likeness (QED) is 0.771. The molecule has 0 spiro atoms. The van der Waals surface area contributed by atoms with Crippen LogP contribution >= 0.6 is 0 Å². The molecule has 0 aliphatic heterocycles. The van der Waals surface area contributed by atoms with Gasteiger partial charge in [-0.1, -0.05) is 6.07 Å². The molecule has 0 saturated carbocycles. The van der Waals surface area contributed by atoms with Crippen LogP contribution in [0.2, 0.25) is 0 Å². The molecule has 5 nitrogen and oxygen atoms in total. The first kappa shape index (κ1) is 19.5. The molecular weight excluding hydrogens is 349 g/mol. The van der Waals surface area contributed by atoms with E-state index in [4.69, 9.17) is 4.74 Å². The van der Waals surface area contributed by atoms with E-state index in [1.165, 1.54) is 43.5 Å². The average molecular weight is 366 g/mol. The third-order valence-corrected chi connectivity index (χ3v) is 3.45. The minimum Gasteiger partial charge on any atom is -0.383 e. The summed E-state index contributed by atoms with van der Waals surface area (Å²) in [5.74, 6) is -0.887. The molecule has 0 aromatic heterocycles. The fourth-order valence-electron chi connectivity index (χ4n) is 2.12. The molecule has 8 heteroatoms. The van der Waals surface area contributed by atoms with Gasteiger partial charge in [-0.25, -0.2) is 0 Å². The molecule has 138 valence electrons. The van der Waals surface area contributed by atoms with Gasteiger partial charge >= 0.3 is 6.18 Å². The number of alkyl halides is 3. The molecule has 0 unspecified atom stereocenters. The minimum absolute atomic E-state index is 0.0335. The van der Waals surface area contributed by atoms with Gasteiger partial charge in [0.2, 0.25) is 0 Å². The first-order valence-corrected chi connectivity index (χ1v) is 7.67. The Morgan fingerprint density at radius 1 is 1.00 bits per heavy atom. The number of carbonyl (C=O) groups excluding carboxylic acids is 2. The monoisotopic (exact) mass is 366 g/mol. The van der Waals surface area contributed by atoms with Crippen molar-refractivity contribution in [2.45, 2.75) is 6.18 Å². The highest BCUT2D eigenvalue weighted by Gasteiger charge is 2.30. The van der Waals surface area contributed by atoms with Gasteiger partial charge in [-0.3, -0.25) is 9.59 Å². The van der Waals surface area contributed by atoms with Crippen LogP contribution in [-0.2, 0) is 10.9 Å². The molecule has 0 bridgehead atoms. The molecule has 2 aromatic rings. The van der Waals surface area contributed by atoms with E-state index < -0.39 is 17.6 Å². The summed E-state index contributed by atoms with van der Waals surface area (Å²) in [7, 11) is 1.52. The maximum atomic E-state index is 12.7. The Balaban J connectivity index is 2.03. The molecule has 0 saturated heterocycles. The van der Waals surface area contributed by atoms with Crippen molar-refractivity contribution in [2.24, 2.45) is 0 Å². The molecule has 0 fully saturated rings. The second-order valence-corrected chi connectivity index (χ2v) is 5.36. The number of rotatable bonds is 6. The summed E-state index contributed by atoms with van der Waals surface area (Å²) in [6.07, 6.45) is -4.49. The topological polar surface area (TPSA) is 67.4 Å². The fourth-order valence-corrected chi connectivity index (χ4v) is 2.12. The Hall–Kier alpha value is -2.87. The lowest BCUT2D eigenvalue weighted by molar-refractivity contribution is -0.137. The summed E-state index contributed by atoms with van der Waals surface area (Å²) in [4.78, 5) is 24.0. The van der Waals surface area contributed by atoms with Gasteiger partial charge in [0.15, 0.2) is 0 Å². The predicted molar refractivity (Wildman–Crippen MR) is 90.0 cm³/mol. The summed E-state index contributed by atoms with van der Waals surface area (Å²) in [5, 5.41) is 5.04. The Labute approximate surface area is 148 Å². The highest BCUT2D eigenvalue weighted by atomic mass is 19.4. The van der Waals surface area contributed by atoms with Crippen LogP contribution in [0.3, 0.4) is 0 Å². The minimum atomic E-state index is -4.49. The van der Waals surface area contributed by atoms with Crippen molar-refractivity contribution >= 4 is 17.5 Å². The van der Waals surface area contributed by atoms with Crippen LogP contribution in [0.5, 0.6) is 0 Å². The van der Waals surface area contributed by atoms with Crippen LogP contribution in [0.1, 0.15) is 26.3 Å². The van der Waals surface area contributed by atoms with E-state index >= 15 is 0 Å². The van der Waals surface area contributed by atoms with E-state index in [2.05, 4.69) is 10.6 Å². The number of amides is 2. The van der Waals surface area contributed by atoms with E-state index in [1.807, 2.05) is 0 Å². The van der Waals surface area contributed by atoms with Gasteiger partial charge in [-0.05, 0) is 42.5 Å². The van der Waals surface area contributed by atoms with Crippen molar-refractivity contribution < 1.29 is 27.5 Å². The number of anilines is 1. The highest BCUT2D eigenvalue weighted by Crippen LogP contribution is 2.30. The van der Waals surface area contributed by atoms with Crippen LogP contribution in [-0.4, -0.2) is 32.1 Å². The molecular formula is C18H17F3N2O3. The number of methoxy groups -OCH3 is 1. The summed E-state index contributed by atoms with van der Waals surface area (Å²) < 4.78 is 42.9. The van der Waals surface area contributed by atoms with Crippen LogP contribution in [0.15, 0.2) is 48.5 Å². The smallest absolute Gasteiger partial charge is 0.383 e. The summed E-state index contributed by atoms with van der Waals surface area (Å²) >= 11 is 0. The Morgan fingerprint density at radius 3 is 2.19 bits per heavy atom. The third kappa shape index (κ3) is 5.32. The number of benzene rings is 2. The first-order chi connectivity index (χ1) is 12.3. The summed E-state index contributed by atoms with van der Waals surface area (Å²) in [5.41, 5.74) is -0.239.